The molecule has 106 valence electrons. The second-order valence-corrected chi connectivity index (χ2v) is 5.03. The van der Waals surface area contributed by atoms with Crippen molar-refractivity contribution in [1.29, 1.82) is 0 Å². The average Bonchev–Trinajstić information content (AvgIpc) is 2.61. The number of carbonyl (C=O) groups excluding carboxylic acids is 1. The van der Waals surface area contributed by atoms with Crippen molar-refractivity contribution in [3.05, 3.63) is 17.5 Å². The van der Waals surface area contributed by atoms with Gasteiger partial charge in [0.1, 0.15) is 6.04 Å². The Labute approximate surface area is 112 Å². The maximum atomic E-state index is 11.7. The summed E-state index contributed by atoms with van der Waals surface area (Å²) in [5.74, 6) is -1.42. The Morgan fingerprint density at radius 2 is 2.05 bits per heavy atom. The third kappa shape index (κ3) is 4.39. The van der Waals surface area contributed by atoms with Gasteiger partial charge in [0.25, 0.3) is 0 Å². The molecule has 0 aliphatic heterocycles. The smallest absolute Gasteiger partial charge is 0.326 e. The number of carboxylic acids is 1. The number of aliphatic carboxylic acids is 1. The summed E-state index contributed by atoms with van der Waals surface area (Å²) in [6.45, 7) is 7.80. The number of aryl methyl sites for hydroxylation is 3. The number of hydrogen-bond acceptors (Lipinski definition) is 3. The number of amides is 1. The molecule has 1 heterocycles. The Bertz CT molecular complexity index is 466. The maximum absolute atomic E-state index is 11.7. The van der Waals surface area contributed by atoms with Crippen LogP contribution in [0.5, 0.6) is 0 Å². The molecule has 1 aromatic heterocycles. The van der Waals surface area contributed by atoms with E-state index in [0.717, 1.165) is 11.4 Å². The molecular formula is C13H21N3O3. The van der Waals surface area contributed by atoms with E-state index < -0.39 is 12.0 Å². The SMILES string of the molecule is Cc1cc(C)n(CCC(=O)N[C@@H](C(=O)O)C(C)C)n1. The summed E-state index contributed by atoms with van der Waals surface area (Å²) in [4.78, 5) is 22.7. The molecule has 0 fully saturated rings. The van der Waals surface area contributed by atoms with Gasteiger partial charge in [0.05, 0.1) is 5.69 Å². The lowest BCUT2D eigenvalue weighted by atomic mass is 10.0. The first-order valence-corrected chi connectivity index (χ1v) is 6.34. The molecule has 2 N–H and O–H groups in total. The highest BCUT2D eigenvalue weighted by atomic mass is 16.4. The number of carbonyl (C=O) groups is 2. The minimum absolute atomic E-state index is 0.143. The average molecular weight is 267 g/mol. The van der Waals surface area contributed by atoms with Gasteiger partial charge in [-0.15, -0.1) is 0 Å². The highest BCUT2D eigenvalue weighted by Gasteiger charge is 2.23. The summed E-state index contributed by atoms with van der Waals surface area (Å²) < 4.78 is 1.75. The number of carboxylic acid groups (broad SMARTS) is 1. The van der Waals surface area contributed by atoms with E-state index in [4.69, 9.17) is 5.11 Å². The number of nitrogens with zero attached hydrogens (tertiary/aromatic N) is 2. The highest BCUT2D eigenvalue weighted by molar-refractivity contribution is 5.83. The van der Waals surface area contributed by atoms with E-state index in [2.05, 4.69) is 10.4 Å². The molecule has 0 bridgehead atoms. The first kappa shape index (κ1) is 15.2. The van der Waals surface area contributed by atoms with Gasteiger partial charge in [-0.25, -0.2) is 4.79 Å². The van der Waals surface area contributed by atoms with Gasteiger partial charge in [-0.3, -0.25) is 9.48 Å². The Hall–Kier alpha value is -1.85. The van der Waals surface area contributed by atoms with E-state index in [-0.39, 0.29) is 18.2 Å². The van der Waals surface area contributed by atoms with Gasteiger partial charge in [0.2, 0.25) is 5.91 Å². The lowest BCUT2D eigenvalue weighted by Crippen LogP contribution is -2.44. The molecule has 0 saturated carbocycles. The van der Waals surface area contributed by atoms with E-state index in [1.807, 2.05) is 19.9 Å². The molecule has 1 atom stereocenters. The summed E-state index contributed by atoms with van der Waals surface area (Å²) in [6, 6.07) is 1.10. The van der Waals surface area contributed by atoms with Gasteiger partial charge >= 0.3 is 5.97 Å². The standard InChI is InChI=1S/C13H21N3O3/c1-8(2)12(13(18)19)14-11(17)5-6-16-10(4)7-9(3)15-16/h7-8,12H,5-6H2,1-4H3,(H,14,17)(H,18,19)/t12-/m1/s1. The van der Waals surface area contributed by atoms with Crippen LogP contribution < -0.4 is 5.32 Å². The predicted octanol–water partition coefficient (Wildman–Crippen LogP) is 1.12. The quantitative estimate of drug-likeness (QED) is 0.808. The Kier molecular flexibility index (Phi) is 5.09. The van der Waals surface area contributed by atoms with E-state index in [1.165, 1.54) is 0 Å². The van der Waals surface area contributed by atoms with Crippen LogP contribution in [0.4, 0.5) is 0 Å². The zero-order valence-corrected chi connectivity index (χ0v) is 11.8. The van der Waals surface area contributed by atoms with Crippen LogP contribution in [-0.4, -0.2) is 32.8 Å². The molecule has 0 radical (unpaired) electrons. The van der Waals surface area contributed by atoms with Gasteiger partial charge in [-0.2, -0.15) is 5.10 Å². The molecule has 1 amide bonds. The van der Waals surface area contributed by atoms with Crippen LogP contribution in [0.1, 0.15) is 31.7 Å². The molecule has 1 rings (SSSR count). The molecular weight excluding hydrogens is 246 g/mol. The predicted molar refractivity (Wildman–Crippen MR) is 70.7 cm³/mol. The van der Waals surface area contributed by atoms with Crippen LogP contribution in [0.3, 0.4) is 0 Å². The molecule has 6 heteroatoms. The van der Waals surface area contributed by atoms with E-state index in [9.17, 15) is 9.59 Å². The van der Waals surface area contributed by atoms with Crippen LogP contribution in [0.2, 0.25) is 0 Å². The van der Waals surface area contributed by atoms with Crippen LogP contribution in [0, 0.1) is 19.8 Å². The van der Waals surface area contributed by atoms with E-state index >= 15 is 0 Å². The fourth-order valence-electron chi connectivity index (χ4n) is 1.87. The van der Waals surface area contributed by atoms with Crippen molar-refractivity contribution >= 4 is 11.9 Å². The Morgan fingerprint density at radius 1 is 1.42 bits per heavy atom. The molecule has 0 spiro atoms. The maximum Gasteiger partial charge on any atom is 0.326 e. The molecule has 6 nitrogen and oxygen atoms in total. The monoisotopic (exact) mass is 267 g/mol. The largest absolute Gasteiger partial charge is 0.480 e. The fraction of sp³-hybridized carbons (Fsp3) is 0.615. The molecule has 0 aliphatic rings. The van der Waals surface area contributed by atoms with Crippen LogP contribution >= 0.6 is 0 Å². The number of aromatic nitrogens is 2. The lowest BCUT2D eigenvalue weighted by Gasteiger charge is -2.17. The van der Waals surface area contributed by atoms with Crippen molar-refractivity contribution in [1.82, 2.24) is 15.1 Å². The molecule has 19 heavy (non-hydrogen) atoms. The van der Waals surface area contributed by atoms with Crippen molar-refractivity contribution < 1.29 is 14.7 Å². The van der Waals surface area contributed by atoms with E-state index in [1.54, 1.807) is 18.5 Å². The topological polar surface area (TPSA) is 84.2 Å². The Morgan fingerprint density at radius 3 is 2.47 bits per heavy atom. The molecule has 1 aromatic rings. The van der Waals surface area contributed by atoms with Crippen LogP contribution in [0.15, 0.2) is 6.07 Å². The van der Waals surface area contributed by atoms with Gasteiger partial charge in [0, 0.05) is 18.7 Å². The number of hydrogen-bond donors (Lipinski definition) is 2. The van der Waals surface area contributed by atoms with Gasteiger partial charge in [-0.05, 0) is 25.8 Å². The van der Waals surface area contributed by atoms with Crippen molar-refractivity contribution in [2.75, 3.05) is 0 Å². The first-order valence-electron chi connectivity index (χ1n) is 6.34. The van der Waals surface area contributed by atoms with E-state index in [0.29, 0.717) is 6.54 Å². The van der Waals surface area contributed by atoms with Crippen molar-refractivity contribution in [3.8, 4) is 0 Å². The molecule has 0 unspecified atom stereocenters. The number of nitrogens with one attached hydrogen (secondary N) is 1. The van der Waals surface area contributed by atoms with Gasteiger partial charge in [0.15, 0.2) is 0 Å². The minimum Gasteiger partial charge on any atom is -0.480 e. The number of rotatable bonds is 6. The normalized spacial score (nSPS) is 12.5. The zero-order chi connectivity index (χ0) is 14.6. The Balaban J connectivity index is 2.52. The summed E-state index contributed by atoms with van der Waals surface area (Å²) in [7, 11) is 0. The van der Waals surface area contributed by atoms with Crippen LogP contribution in [-0.2, 0) is 16.1 Å². The molecule has 0 aliphatic carbocycles. The van der Waals surface area contributed by atoms with Crippen molar-refractivity contribution in [2.24, 2.45) is 5.92 Å². The van der Waals surface area contributed by atoms with Crippen LogP contribution in [0.25, 0.3) is 0 Å². The van der Waals surface area contributed by atoms with Gasteiger partial charge in [-0.1, -0.05) is 13.8 Å². The molecule has 0 saturated heterocycles. The zero-order valence-electron chi connectivity index (χ0n) is 11.8. The summed E-state index contributed by atoms with van der Waals surface area (Å²) in [5, 5.41) is 15.8. The third-order valence-corrected chi connectivity index (χ3v) is 2.90. The summed E-state index contributed by atoms with van der Waals surface area (Å²) in [5.41, 5.74) is 1.90. The summed E-state index contributed by atoms with van der Waals surface area (Å²) >= 11 is 0. The third-order valence-electron chi connectivity index (χ3n) is 2.90. The van der Waals surface area contributed by atoms with Crippen molar-refractivity contribution in [2.45, 2.75) is 46.7 Å². The molecule has 0 aromatic carbocycles. The minimum atomic E-state index is -1.01. The fourth-order valence-corrected chi connectivity index (χ4v) is 1.87. The lowest BCUT2D eigenvalue weighted by molar-refractivity contribution is -0.143. The van der Waals surface area contributed by atoms with Gasteiger partial charge < -0.3 is 10.4 Å². The first-order chi connectivity index (χ1) is 8.81. The highest BCUT2D eigenvalue weighted by Crippen LogP contribution is 2.04. The summed E-state index contributed by atoms with van der Waals surface area (Å²) in [6.07, 6.45) is 0.221. The second-order valence-electron chi connectivity index (χ2n) is 5.03. The second kappa shape index (κ2) is 6.36. The van der Waals surface area contributed by atoms with Crippen molar-refractivity contribution in [3.63, 3.8) is 0 Å².